The highest BCUT2D eigenvalue weighted by molar-refractivity contribution is 6.36. The molecule has 0 aromatic heterocycles. The molecule has 132 valence electrons. The van der Waals surface area contributed by atoms with Crippen molar-refractivity contribution in [3.8, 4) is 11.8 Å². The third-order valence-electron chi connectivity index (χ3n) is 3.09. The summed E-state index contributed by atoms with van der Waals surface area (Å²) < 4.78 is 4.95. The van der Waals surface area contributed by atoms with Gasteiger partial charge in [-0.15, -0.1) is 0 Å². The van der Waals surface area contributed by atoms with Crippen LogP contribution < -0.4 is 15.2 Å². The molecular formula is C18H11Cl2N2O4-. The van der Waals surface area contributed by atoms with Crippen molar-refractivity contribution in [1.82, 2.24) is 0 Å². The van der Waals surface area contributed by atoms with Crippen LogP contribution in [0, 0.1) is 11.3 Å². The van der Waals surface area contributed by atoms with Crippen LogP contribution in [0.1, 0.15) is 5.56 Å². The number of carbonyl (C=O) groups is 2. The number of halogens is 2. The van der Waals surface area contributed by atoms with Gasteiger partial charge in [0.1, 0.15) is 24.0 Å². The number of hydrogen-bond acceptors (Lipinski definition) is 5. The van der Waals surface area contributed by atoms with Crippen LogP contribution in [0.2, 0.25) is 10.0 Å². The molecule has 2 rings (SSSR count). The Labute approximate surface area is 159 Å². The zero-order chi connectivity index (χ0) is 19.1. The average molecular weight is 390 g/mol. The largest absolute Gasteiger partial charge is 0.546 e. The molecule has 0 bridgehead atoms. The summed E-state index contributed by atoms with van der Waals surface area (Å²) in [6.07, 6.45) is 1.37. The number of benzene rings is 2. The molecule has 8 heteroatoms. The predicted molar refractivity (Wildman–Crippen MR) is 95.6 cm³/mol. The van der Waals surface area contributed by atoms with Crippen LogP contribution in [-0.2, 0) is 9.59 Å². The lowest BCUT2D eigenvalue weighted by Crippen LogP contribution is -2.28. The van der Waals surface area contributed by atoms with Crippen LogP contribution >= 0.6 is 23.2 Å². The number of nitriles is 1. The van der Waals surface area contributed by atoms with Gasteiger partial charge in [0, 0.05) is 5.02 Å². The van der Waals surface area contributed by atoms with E-state index in [0.29, 0.717) is 16.3 Å². The molecule has 6 nitrogen and oxygen atoms in total. The van der Waals surface area contributed by atoms with Gasteiger partial charge in [-0.2, -0.15) is 5.26 Å². The van der Waals surface area contributed by atoms with Gasteiger partial charge in [0.25, 0.3) is 5.91 Å². The number of anilines is 1. The fourth-order valence-corrected chi connectivity index (χ4v) is 2.24. The third-order valence-corrected chi connectivity index (χ3v) is 3.65. The molecule has 0 aliphatic heterocycles. The summed E-state index contributed by atoms with van der Waals surface area (Å²) in [6, 6.07) is 12.6. The van der Waals surface area contributed by atoms with Crippen LogP contribution in [0.15, 0.2) is 48.0 Å². The normalized spacial score (nSPS) is 10.7. The second-order valence-electron chi connectivity index (χ2n) is 4.98. The first kappa shape index (κ1) is 19.3. The number of carboxylic acids is 1. The fourth-order valence-electron chi connectivity index (χ4n) is 1.90. The van der Waals surface area contributed by atoms with Gasteiger partial charge >= 0.3 is 0 Å². The molecule has 0 aliphatic carbocycles. The number of nitrogens with one attached hydrogen (secondary N) is 1. The molecule has 0 saturated heterocycles. The first-order chi connectivity index (χ1) is 12.4. The maximum atomic E-state index is 12.3. The van der Waals surface area contributed by atoms with Gasteiger partial charge in [-0.05, 0) is 42.0 Å². The van der Waals surface area contributed by atoms with Gasteiger partial charge in [-0.25, -0.2) is 0 Å². The van der Waals surface area contributed by atoms with E-state index in [9.17, 15) is 20.0 Å². The average Bonchev–Trinajstić information content (AvgIpc) is 2.61. The summed E-state index contributed by atoms with van der Waals surface area (Å²) in [5.74, 6) is -1.66. The third kappa shape index (κ3) is 5.52. The molecule has 26 heavy (non-hydrogen) atoms. The minimum atomic E-state index is -1.34. The van der Waals surface area contributed by atoms with E-state index in [-0.39, 0.29) is 16.3 Å². The standard InChI is InChI=1S/C18H12Cl2N2O4/c19-13-3-6-15(20)16(8-13)22-18(25)12(9-21)7-11-1-4-14(5-2-11)26-10-17(23)24/h1-8H,10H2,(H,22,25)(H,23,24)/p-1/b12-7+. The van der Waals surface area contributed by atoms with Gasteiger partial charge in [-0.3, -0.25) is 4.79 Å². The lowest BCUT2D eigenvalue weighted by Gasteiger charge is -2.08. The Morgan fingerprint density at radius 1 is 1.19 bits per heavy atom. The zero-order valence-electron chi connectivity index (χ0n) is 13.2. The van der Waals surface area contributed by atoms with Gasteiger partial charge in [-0.1, -0.05) is 35.3 Å². The van der Waals surface area contributed by atoms with E-state index in [4.69, 9.17) is 27.9 Å². The number of nitrogens with zero attached hydrogens (tertiary/aromatic N) is 1. The molecule has 0 aliphatic rings. The van der Waals surface area contributed by atoms with Crippen molar-refractivity contribution in [1.29, 1.82) is 5.26 Å². The van der Waals surface area contributed by atoms with Crippen LogP contribution in [0.3, 0.4) is 0 Å². The molecule has 0 spiro atoms. The van der Waals surface area contributed by atoms with Crippen LogP contribution in [0.25, 0.3) is 6.08 Å². The molecule has 2 aromatic rings. The molecule has 0 unspecified atom stereocenters. The van der Waals surface area contributed by atoms with Crippen molar-refractivity contribution in [2.24, 2.45) is 0 Å². The highest BCUT2D eigenvalue weighted by Crippen LogP contribution is 2.26. The Bertz CT molecular complexity index is 902. The van der Waals surface area contributed by atoms with E-state index in [0.717, 1.165) is 0 Å². The van der Waals surface area contributed by atoms with E-state index in [1.165, 1.54) is 30.3 Å². The molecule has 1 N–H and O–H groups in total. The molecule has 0 atom stereocenters. The van der Waals surface area contributed by atoms with Crippen molar-refractivity contribution >= 4 is 46.8 Å². The minimum Gasteiger partial charge on any atom is -0.546 e. The van der Waals surface area contributed by atoms with Crippen molar-refractivity contribution in [3.05, 3.63) is 63.6 Å². The first-order valence-corrected chi connectivity index (χ1v) is 7.95. The molecule has 0 radical (unpaired) electrons. The summed E-state index contributed by atoms with van der Waals surface area (Å²) in [6.45, 7) is -0.568. The SMILES string of the molecule is N#C/C(=C\c1ccc(OCC(=O)[O-])cc1)C(=O)Nc1cc(Cl)ccc1Cl. The number of ether oxygens (including phenoxy) is 1. The maximum Gasteiger partial charge on any atom is 0.266 e. The van der Waals surface area contributed by atoms with E-state index in [1.807, 2.05) is 6.07 Å². The fraction of sp³-hybridized carbons (Fsp3) is 0.0556. The van der Waals surface area contributed by atoms with Crippen molar-refractivity contribution < 1.29 is 19.4 Å². The molecule has 1 amide bonds. The van der Waals surface area contributed by atoms with Crippen LogP contribution in [0.4, 0.5) is 5.69 Å². The monoisotopic (exact) mass is 389 g/mol. The molecule has 2 aromatic carbocycles. The second-order valence-corrected chi connectivity index (χ2v) is 5.82. The Balaban J connectivity index is 2.14. The van der Waals surface area contributed by atoms with Crippen molar-refractivity contribution in [2.45, 2.75) is 0 Å². The molecule has 0 heterocycles. The first-order valence-electron chi connectivity index (χ1n) is 7.20. The highest BCUT2D eigenvalue weighted by atomic mass is 35.5. The zero-order valence-corrected chi connectivity index (χ0v) is 14.7. The summed E-state index contributed by atoms with van der Waals surface area (Å²) in [4.78, 5) is 22.6. The van der Waals surface area contributed by atoms with Crippen LogP contribution in [-0.4, -0.2) is 18.5 Å². The molecule has 0 fully saturated rings. The highest BCUT2D eigenvalue weighted by Gasteiger charge is 2.12. The van der Waals surface area contributed by atoms with Gasteiger partial charge in [0.05, 0.1) is 16.7 Å². The quantitative estimate of drug-likeness (QED) is 0.604. The smallest absolute Gasteiger partial charge is 0.266 e. The molecular weight excluding hydrogens is 379 g/mol. The van der Waals surface area contributed by atoms with E-state index < -0.39 is 18.5 Å². The Morgan fingerprint density at radius 2 is 1.88 bits per heavy atom. The maximum absolute atomic E-state index is 12.3. The van der Waals surface area contributed by atoms with Crippen molar-refractivity contribution in [3.63, 3.8) is 0 Å². The summed E-state index contributed by atoms with van der Waals surface area (Å²) in [7, 11) is 0. The molecule has 0 saturated carbocycles. The lowest BCUT2D eigenvalue weighted by atomic mass is 10.1. The Kier molecular flexibility index (Phi) is 6.61. The summed E-state index contributed by atoms with van der Waals surface area (Å²) >= 11 is 11.8. The van der Waals surface area contributed by atoms with Crippen molar-refractivity contribution in [2.75, 3.05) is 11.9 Å². The summed E-state index contributed by atoms with van der Waals surface area (Å²) in [5.41, 5.74) is 0.690. The number of rotatable bonds is 6. The van der Waals surface area contributed by atoms with Gasteiger partial charge in [0.15, 0.2) is 0 Å². The van der Waals surface area contributed by atoms with E-state index >= 15 is 0 Å². The number of aliphatic carboxylic acids is 1. The number of hydrogen-bond donors (Lipinski definition) is 1. The van der Waals surface area contributed by atoms with Crippen LogP contribution in [0.5, 0.6) is 5.75 Å². The summed E-state index contributed by atoms with van der Waals surface area (Å²) in [5, 5.41) is 22.8. The minimum absolute atomic E-state index is 0.149. The second kappa shape index (κ2) is 8.90. The number of carbonyl (C=O) groups excluding carboxylic acids is 2. The number of carboxylic acid groups (broad SMARTS) is 1. The number of amides is 1. The Morgan fingerprint density at radius 3 is 2.50 bits per heavy atom. The van der Waals surface area contributed by atoms with Gasteiger partial charge < -0.3 is 20.0 Å². The predicted octanol–water partition coefficient (Wildman–Crippen LogP) is 2.67. The topological polar surface area (TPSA) is 102 Å². The lowest BCUT2D eigenvalue weighted by molar-refractivity contribution is -0.307. The van der Waals surface area contributed by atoms with Gasteiger partial charge in [0.2, 0.25) is 0 Å². The Hall–Kier alpha value is -3.01. The van der Waals surface area contributed by atoms with E-state index in [1.54, 1.807) is 18.2 Å². The van der Waals surface area contributed by atoms with E-state index in [2.05, 4.69) is 5.32 Å².